The molecule has 18 heavy (non-hydrogen) atoms. The molecule has 0 amide bonds. The minimum atomic E-state index is -0.786. The van der Waals surface area contributed by atoms with Crippen LogP contribution in [0.5, 0.6) is 5.75 Å². The van der Waals surface area contributed by atoms with E-state index in [0.717, 1.165) is 0 Å². The molecule has 3 nitrogen and oxygen atoms in total. The van der Waals surface area contributed by atoms with Crippen molar-refractivity contribution in [3.8, 4) is 5.75 Å². The van der Waals surface area contributed by atoms with Gasteiger partial charge in [-0.15, -0.1) is 0 Å². The van der Waals surface area contributed by atoms with E-state index in [1.165, 1.54) is 0 Å². The lowest BCUT2D eigenvalue weighted by Gasteiger charge is -2.09. The Morgan fingerprint density at radius 1 is 0.944 bits per heavy atom. The number of carbonyl (C=O) groups is 1. The van der Waals surface area contributed by atoms with Crippen molar-refractivity contribution in [1.29, 1.82) is 0 Å². The van der Waals surface area contributed by atoms with E-state index in [2.05, 4.69) is 0 Å². The van der Waals surface area contributed by atoms with E-state index in [4.69, 9.17) is 4.74 Å². The first-order chi connectivity index (χ1) is 8.81. The van der Waals surface area contributed by atoms with Crippen LogP contribution in [0.25, 0.3) is 0 Å². The zero-order valence-corrected chi connectivity index (χ0v) is 10.4. The molecule has 0 aromatic heterocycles. The lowest BCUT2D eigenvalue weighted by atomic mass is 10.1. The molecule has 1 atom stereocenters. The fraction of sp³-hybridized carbons (Fsp3) is 0.0714. The van der Waals surface area contributed by atoms with E-state index >= 15 is 0 Å². The van der Waals surface area contributed by atoms with Gasteiger partial charge >= 0.3 is 5.97 Å². The van der Waals surface area contributed by atoms with Crippen molar-refractivity contribution in [3.63, 3.8) is 0 Å². The summed E-state index contributed by atoms with van der Waals surface area (Å²) in [5.74, 6) is -0.0730. The maximum atomic E-state index is 11.9. The number of rotatable bonds is 4. The molecule has 0 aliphatic heterocycles. The average Bonchev–Trinajstić information content (AvgIpc) is 2.42. The van der Waals surface area contributed by atoms with E-state index < -0.39 is 11.6 Å². The third-order valence-corrected chi connectivity index (χ3v) is 3.13. The van der Waals surface area contributed by atoms with E-state index in [1.54, 1.807) is 48.5 Å². The molecule has 0 saturated heterocycles. The Bertz CT molecular complexity index is 525. The predicted molar refractivity (Wildman–Crippen MR) is 68.9 cm³/mol. The van der Waals surface area contributed by atoms with E-state index in [0.29, 0.717) is 11.3 Å². The first-order valence-corrected chi connectivity index (χ1v) is 6.33. The summed E-state index contributed by atoms with van der Waals surface area (Å²) < 4.78 is 16.3. The van der Waals surface area contributed by atoms with E-state index in [1.807, 2.05) is 12.1 Å². The summed E-state index contributed by atoms with van der Waals surface area (Å²) in [6.45, 7) is 0. The van der Waals surface area contributed by atoms with Gasteiger partial charge in [0.2, 0.25) is 0 Å². The summed E-state index contributed by atoms with van der Waals surface area (Å²) in [5.41, 5.74) is -0.110. The minimum Gasteiger partial charge on any atom is -0.426 e. The lowest BCUT2D eigenvalue weighted by Crippen LogP contribution is -2.14. The quantitative estimate of drug-likeness (QED) is 0.478. The van der Waals surface area contributed by atoms with Crippen LogP contribution in [0.15, 0.2) is 60.7 Å². The number of hydrogen-bond acceptors (Lipinski definition) is 3. The zero-order chi connectivity index (χ0) is 12.8. The van der Waals surface area contributed by atoms with Crippen LogP contribution < -0.4 is 4.74 Å². The Hall–Kier alpha value is -1.99. The minimum absolute atomic E-state index is 0.270. The van der Waals surface area contributed by atoms with Gasteiger partial charge in [0.25, 0.3) is 0 Å². The Morgan fingerprint density at radius 2 is 1.50 bits per heavy atom. The number of benzene rings is 2. The summed E-state index contributed by atoms with van der Waals surface area (Å²) >= 11 is 0. The Kier molecular flexibility index (Phi) is 4.21. The molecule has 90 valence electrons. The second-order valence-corrected chi connectivity index (χ2v) is 4.38. The van der Waals surface area contributed by atoms with Gasteiger partial charge in [-0.3, -0.25) is 9.36 Å². The van der Waals surface area contributed by atoms with Crippen LogP contribution >= 0.6 is 8.46 Å². The van der Waals surface area contributed by atoms with Crippen LogP contribution in [-0.2, 0) is 9.36 Å². The molecule has 2 aromatic carbocycles. The topological polar surface area (TPSA) is 43.4 Å². The van der Waals surface area contributed by atoms with Crippen LogP contribution in [0.3, 0.4) is 0 Å². The first kappa shape index (κ1) is 12.5. The average molecular weight is 258 g/mol. The highest BCUT2D eigenvalue weighted by molar-refractivity contribution is 7.25. The maximum Gasteiger partial charge on any atom is 0.330 e. The van der Waals surface area contributed by atoms with Crippen molar-refractivity contribution in [3.05, 3.63) is 66.2 Å². The molecule has 2 rings (SSSR count). The van der Waals surface area contributed by atoms with Crippen molar-refractivity contribution in [1.82, 2.24) is 0 Å². The van der Waals surface area contributed by atoms with Crippen LogP contribution in [0.2, 0.25) is 0 Å². The number of ether oxygens (including phenoxy) is 1. The Labute approximate surface area is 107 Å². The highest BCUT2D eigenvalue weighted by Crippen LogP contribution is 2.28. The third kappa shape index (κ3) is 3.02. The summed E-state index contributed by atoms with van der Waals surface area (Å²) in [5, 5.41) is 0. The molecule has 0 spiro atoms. The standard InChI is InChI=1S/C14H11O3P/c15-14(17-12-9-5-2-6-10-12)13(18-16)11-7-3-1-4-8-11/h1-10,13H. The number of carbonyl (C=O) groups excluding carboxylic acids is 1. The monoisotopic (exact) mass is 258 g/mol. The summed E-state index contributed by atoms with van der Waals surface area (Å²) in [4.78, 5) is 11.9. The van der Waals surface area contributed by atoms with Crippen molar-refractivity contribution in [2.24, 2.45) is 0 Å². The summed E-state index contributed by atoms with van der Waals surface area (Å²) in [7, 11) is -0.270. The molecule has 0 N–H and O–H groups in total. The predicted octanol–water partition coefficient (Wildman–Crippen LogP) is 3.63. The summed E-state index contributed by atoms with van der Waals surface area (Å²) in [6, 6.07) is 17.7. The molecule has 0 heterocycles. The molecule has 0 aliphatic rings. The van der Waals surface area contributed by atoms with Crippen molar-refractivity contribution >= 4 is 14.4 Å². The molecule has 0 radical (unpaired) electrons. The van der Waals surface area contributed by atoms with Gasteiger partial charge in [0.05, 0.1) is 0 Å². The second kappa shape index (κ2) is 6.08. The van der Waals surface area contributed by atoms with Gasteiger partial charge in [-0.1, -0.05) is 48.5 Å². The van der Waals surface area contributed by atoms with Gasteiger partial charge in [-0.2, -0.15) is 0 Å². The molecule has 0 fully saturated rings. The molecule has 0 saturated carbocycles. The van der Waals surface area contributed by atoms with Crippen LogP contribution in [0.4, 0.5) is 0 Å². The van der Waals surface area contributed by atoms with Gasteiger partial charge < -0.3 is 4.74 Å². The van der Waals surface area contributed by atoms with Gasteiger partial charge in [-0.25, -0.2) is 0 Å². The highest BCUT2D eigenvalue weighted by atomic mass is 31.1. The first-order valence-electron chi connectivity index (χ1n) is 5.45. The molecular formula is C14H11O3P. The number of esters is 1. The number of hydrogen-bond donors (Lipinski definition) is 0. The van der Waals surface area contributed by atoms with Gasteiger partial charge in [0.1, 0.15) is 5.75 Å². The third-order valence-electron chi connectivity index (χ3n) is 2.41. The largest absolute Gasteiger partial charge is 0.426 e. The van der Waals surface area contributed by atoms with Crippen molar-refractivity contribution in [2.45, 2.75) is 5.66 Å². The fourth-order valence-electron chi connectivity index (χ4n) is 1.54. The second-order valence-electron chi connectivity index (χ2n) is 3.65. The Morgan fingerprint density at radius 3 is 2.06 bits per heavy atom. The van der Waals surface area contributed by atoms with E-state index in [9.17, 15) is 9.36 Å². The smallest absolute Gasteiger partial charge is 0.330 e. The molecule has 1 unspecified atom stereocenters. The summed E-state index contributed by atoms with van der Waals surface area (Å²) in [6.07, 6.45) is 0. The molecule has 2 aromatic rings. The lowest BCUT2D eigenvalue weighted by molar-refractivity contribution is -0.134. The van der Waals surface area contributed by atoms with Gasteiger partial charge in [0.15, 0.2) is 14.1 Å². The van der Waals surface area contributed by atoms with E-state index in [-0.39, 0.29) is 8.46 Å². The van der Waals surface area contributed by atoms with Gasteiger partial charge in [0, 0.05) is 0 Å². The fourth-order valence-corrected chi connectivity index (χ4v) is 1.97. The van der Waals surface area contributed by atoms with Gasteiger partial charge in [-0.05, 0) is 17.7 Å². The normalized spacial score (nSPS) is 12.0. The zero-order valence-electron chi connectivity index (χ0n) is 9.52. The molecule has 0 aliphatic carbocycles. The van der Waals surface area contributed by atoms with Crippen molar-refractivity contribution < 1.29 is 14.1 Å². The SMILES string of the molecule is O=PC(C(=O)Oc1ccccc1)c1ccccc1. The van der Waals surface area contributed by atoms with Crippen LogP contribution in [0, 0.1) is 0 Å². The van der Waals surface area contributed by atoms with Crippen LogP contribution in [-0.4, -0.2) is 5.97 Å². The number of para-hydroxylation sites is 1. The van der Waals surface area contributed by atoms with Crippen molar-refractivity contribution in [2.75, 3.05) is 0 Å². The molecular weight excluding hydrogens is 247 g/mol. The van der Waals surface area contributed by atoms with Crippen LogP contribution in [0.1, 0.15) is 11.2 Å². The maximum absolute atomic E-state index is 11.9. The highest BCUT2D eigenvalue weighted by Gasteiger charge is 2.23. The Balaban J connectivity index is 2.14. The molecule has 4 heteroatoms. The molecule has 0 bridgehead atoms.